The van der Waals surface area contributed by atoms with Crippen molar-refractivity contribution in [2.75, 3.05) is 6.61 Å². The Morgan fingerprint density at radius 1 is 1.04 bits per heavy atom. The van der Waals surface area contributed by atoms with Crippen LogP contribution in [0.5, 0.6) is 0 Å². The van der Waals surface area contributed by atoms with Crippen molar-refractivity contribution in [2.45, 2.75) is 97.5 Å². The quantitative estimate of drug-likeness (QED) is 0.308. The summed E-state index contributed by atoms with van der Waals surface area (Å²) in [4.78, 5) is 12.6. The minimum absolute atomic E-state index is 0.110. The molecule has 154 valence electrons. The topological polar surface area (TPSA) is 46.5 Å². The number of hydrogen-bond donors (Lipinski definition) is 1. The van der Waals surface area contributed by atoms with Gasteiger partial charge in [-0.3, -0.25) is 4.79 Å². The molecule has 1 N–H and O–H groups in total. The van der Waals surface area contributed by atoms with Gasteiger partial charge in [0, 0.05) is 0 Å². The SMILES string of the molecule is CCCCCCCCC(O)COC(=O)C(C)(C)CC(CC)c1ccccc1. The Labute approximate surface area is 166 Å². The summed E-state index contributed by atoms with van der Waals surface area (Å²) in [6.07, 6.45) is 9.08. The zero-order chi connectivity index (χ0) is 20.1. The van der Waals surface area contributed by atoms with Crippen LogP contribution in [0, 0.1) is 5.41 Å². The van der Waals surface area contributed by atoms with Crippen LogP contribution in [0.25, 0.3) is 0 Å². The minimum Gasteiger partial charge on any atom is -0.463 e. The zero-order valence-corrected chi connectivity index (χ0v) is 17.9. The molecule has 0 spiro atoms. The van der Waals surface area contributed by atoms with Crippen molar-refractivity contribution in [2.24, 2.45) is 5.41 Å². The summed E-state index contributed by atoms with van der Waals surface area (Å²) in [5.41, 5.74) is 0.708. The first-order valence-electron chi connectivity index (χ1n) is 10.8. The summed E-state index contributed by atoms with van der Waals surface area (Å²) < 4.78 is 5.46. The first-order valence-corrected chi connectivity index (χ1v) is 10.8. The van der Waals surface area contributed by atoms with Crippen molar-refractivity contribution >= 4 is 5.97 Å². The van der Waals surface area contributed by atoms with Crippen LogP contribution in [0.2, 0.25) is 0 Å². The lowest BCUT2D eigenvalue weighted by Crippen LogP contribution is -2.31. The second-order valence-electron chi connectivity index (χ2n) is 8.41. The van der Waals surface area contributed by atoms with E-state index >= 15 is 0 Å². The molecular weight excluding hydrogens is 336 g/mol. The van der Waals surface area contributed by atoms with E-state index in [9.17, 15) is 9.90 Å². The third-order valence-corrected chi connectivity index (χ3v) is 5.37. The van der Waals surface area contributed by atoms with E-state index in [2.05, 4.69) is 26.0 Å². The van der Waals surface area contributed by atoms with Gasteiger partial charge in [-0.25, -0.2) is 0 Å². The van der Waals surface area contributed by atoms with Gasteiger partial charge in [-0.2, -0.15) is 0 Å². The van der Waals surface area contributed by atoms with E-state index in [-0.39, 0.29) is 12.6 Å². The average molecular weight is 377 g/mol. The molecule has 1 aromatic carbocycles. The van der Waals surface area contributed by atoms with Crippen molar-refractivity contribution in [1.29, 1.82) is 0 Å². The molecule has 2 unspecified atom stereocenters. The molecule has 27 heavy (non-hydrogen) atoms. The molecule has 1 aromatic rings. The summed E-state index contributed by atoms with van der Waals surface area (Å²) in [5, 5.41) is 10.1. The highest BCUT2D eigenvalue weighted by molar-refractivity contribution is 5.76. The van der Waals surface area contributed by atoms with Crippen LogP contribution in [-0.2, 0) is 9.53 Å². The van der Waals surface area contributed by atoms with Gasteiger partial charge in [0.05, 0.1) is 11.5 Å². The lowest BCUT2D eigenvalue weighted by Gasteiger charge is -2.28. The third kappa shape index (κ3) is 9.41. The molecule has 0 aromatic heterocycles. The van der Waals surface area contributed by atoms with Crippen LogP contribution in [0.15, 0.2) is 30.3 Å². The molecule has 0 aliphatic rings. The maximum atomic E-state index is 12.6. The number of aliphatic hydroxyl groups excluding tert-OH is 1. The fraction of sp³-hybridized carbons (Fsp3) is 0.708. The van der Waals surface area contributed by atoms with Crippen molar-refractivity contribution in [1.82, 2.24) is 0 Å². The summed E-state index contributed by atoms with van der Waals surface area (Å²) in [7, 11) is 0. The molecule has 2 atom stereocenters. The molecule has 0 heterocycles. The molecule has 0 bridgehead atoms. The van der Waals surface area contributed by atoms with E-state index in [1.165, 1.54) is 31.2 Å². The maximum Gasteiger partial charge on any atom is 0.311 e. The molecule has 0 aliphatic heterocycles. The van der Waals surface area contributed by atoms with Crippen LogP contribution in [0.1, 0.15) is 97.0 Å². The van der Waals surface area contributed by atoms with Gasteiger partial charge in [0.25, 0.3) is 0 Å². The lowest BCUT2D eigenvalue weighted by molar-refractivity contribution is -0.157. The van der Waals surface area contributed by atoms with Gasteiger partial charge in [-0.05, 0) is 44.6 Å². The van der Waals surface area contributed by atoms with Gasteiger partial charge < -0.3 is 9.84 Å². The molecular formula is C24H40O3. The van der Waals surface area contributed by atoms with Crippen molar-refractivity contribution in [3.63, 3.8) is 0 Å². The van der Waals surface area contributed by atoms with Crippen LogP contribution < -0.4 is 0 Å². The fourth-order valence-corrected chi connectivity index (χ4v) is 3.53. The average Bonchev–Trinajstić information content (AvgIpc) is 2.67. The molecule has 0 saturated heterocycles. The number of unbranched alkanes of at least 4 members (excludes halogenated alkanes) is 5. The number of hydrogen-bond acceptors (Lipinski definition) is 3. The molecule has 0 radical (unpaired) electrons. The number of ether oxygens (including phenoxy) is 1. The van der Waals surface area contributed by atoms with Gasteiger partial charge in [0.1, 0.15) is 6.61 Å². The molecule has 3 heteroatoms. The normalized spacial score (nSPS) is 14.0. The summed E-state index contributed by atoms with van der Waals surface area (Å²) in [6.45, 7) is 8.37. The molecule has 0 fully saturated rings. The Bertz CT molecular complexity index is 510. The monoisotopic (exact) mass is 376 g/mol. The molecule has 0 aliphatic carbocycles. The number of rotatable bonds is 14. The highest BCUT2D eigenvalue weighted by atomic mass is 16.5. The van der Waals surface area contributed by atoms with Gasteiger partial charge >= 0.3 is 5.97 Å². The Hall–Kier alpha value is -1.35. The van der Waals surface area contributed by atoms with E-state index in [1.807, 2.05) is 32.0 Å². The van der Waals surface area contributed by atoms with E-state index in [1.54, 1.807) is 0 Å². The van der Waals surface area contributed by atoms with Crippen molar-refractivity contribution < 1.29 is 14.6 Å². The molecule has 1 rings (SSSR count). The number of carbonyl (C=O) groups excluding carboxylic acids is 1. The van der Waals surface area contributed by atoms with Crippen LogP contribution in [0.4, 0.5) is 0 Å². The van der Waals surface area contributed by atoms with E-state index in [0.717, 1.165) is 25.7 Å². The van der Waals surface area contributed by atoms with E-state index < -0.39 is 11.5 Å². The standard InChI is InChI=1S/C24H40O3/c1-5-7-8-9-10-14-17-22(25)19-27-23(26)24(3,4)18-20(6-2)21-15-12-11-13-16-21/h11-13,15-16,20,22,25H,5-10,14,17-19H2,1-4H3. The summed E-state index contributed by atoms with van der Waals surface area (Å²) in [6, 6.07) is 10.4. The molecule has 0 amide bonds. The second-order valence-corrected chi connectivity index (χ2v) is 8.41. The minimum atomic E-state index is -0.559. The van der Waals surface area contributed by atoms with Crippen LogP contribution in [0.3, 0.4) is 0 Å². The van der Waals surface area contributed by atoms with Crippen LogP contribution in [-0.4, -0.2) is 23.8 Å². The zero-order valence-electron chi connectivity index (χ0n) is 17.9. The fourth-order valence-electron chi connectivity index (χ4n) is 3.53. The third-order valence-electron chi connectivity index (χ3n) is 5.37. The predicted octanol–water partition coefficient (Wildman–Crippen LogP) is 6.25. The number of esters is 1. The number of aliphatic hydroxyl groups is 1. The molecule has 0 saturated carbocycles. The van der Waals surface area contributed by atoms with Gasteiger partial charge in [-0.1, -0.05) is 82.7 Å². The van der Waals surface area contributed by atoms with Gasteiger partial charge in [-0.15, -0.1) is 0 Å². The Kier molecular flexibility index (Phi) is 11.3. The Balaban J connectivity index is 2.36. The first kappa shape index (κ1) is 23.7. The van der Waals surface area contributed by atoms with Crippen molar-refractivity contribution in [3.05, 3.63) is 35.9 Å². The Morgan fingerprint density at radius 3 is 2.30 bits per heavy atom. The number of carbonyl (C=O) groups is 1. The summed E-state index contributed by atoms with van der Waals surface area (Å²) in [5.74, 6) is 0.126. The largest absolute Gasteiger partial charge is 0.463 e. The highest BCUT2D eigenvalue weighted by Gasteiger charge is 2.32. The smallest absolute Gasteiger partial charge is 0.311 e. The van der Waals surface area contributed by atoms with Crippen LogP contribution >= 0.6 is 0 Å². The van der Waals surface area contributed by atoms with Crippen molar-refractivity contribution in [3.8, 4) is 0 Å². The number of benzene rings is 1. The lowest BCUT2D eigenvalue weighted by atomic mass is 9.79. The second kappa shape index (κ2) is 12.9. The van der Waals surface area contributed by atoms with Gasteiger partial charge in [0.2, 0.25) is 0 Å². The molecule has 3 nitrogen and oxygen atoms in total. The van der Waals surface area contributed by atoms with E-state index in [4.69, 9.17) is 4.74 Å². The first-order chi connectivity index (χ1) is 12.9. The van der Waals surface area contributed by atoms with Gasteiger partial charge in [0.15, 0.2) is 0 Å². The Morgan fingerprint density at radius 2 is 1.67 bits per heavy atom. The van der Waals surface area contributed by atoms with E-state index in [0.29, 0.717) is 12.3 Å². The highest BCUT2D eigenvalue weighted by Crippen LogP contribution is 2.34. The predicted molar refractivity (Wildman–Crippen MR) is 113 cm³/mol. The maximum absolute atomic E-state index is 12.6. The summed E-state index contributed by atoms with van der Waals surface area (Å²) >= 11 is 0.